The van der Waals surface area contributed by atoms with E-state index < -0.39 is 24.3 Å². The summed E-state index contributed by atoms with van der Waals surface area (Å²) in [5.41, 5.74) is 0. The summed E-state index contributed by atoms with van der Waals surface area (Å²) >= 11 is 0. The molecule has 0 aliphatic rings. The van der Waals surface area contributed by atoms with Crippen LogP contribution in [0.4, 0.5) is 0 Å². The highest BCUT2D eigenvalue weighted by Gasteiger charge is 2.25. The molecule has 0 saturated carbocycles. The highest BCUT2D eigenvalue weighted by molar-refractivity contribution is 5.71. The van der Waals surface area contributed by atoms with E-state index in [1.807, 2.05) is 21.1 Å². The zero-order valence-corrected chi connectivity index (χ0v) is 56.3. The second-order valence-electron chi connectivity index (χ2n) is 25.2. The summed E-state index contributed by atoms with van der Waals surface area (Å²) in [6.07, 6.45) is 87.1. The minimum atomic E-state index is -1.52. The SMILES string of the molecule is CC/C=C\C/C=C\C/C=C\C/C=C\CCCCCCCCCCC(=O)OC(COC(=O)CCCCCCCCCCCCCCCCCCCCCCCCCC/C=C\C/C=C\C/C=C\CCCCCCC)COC(OCC[N+](C)(C)C)C(=O)O. The molecule has 0 radical (unpaired) electrons. The van der Waals surface area contributed by atoms with Crippen molar-refractivity contribution in [3.63, 3.8) is 0 Å². The van der Waals surface area contributed by atoms with Gasteiger partial charge in [-0.05, 0) is 89.9 Å². The van der Waals surface area contributed by atoms with Crippen molar-refractivity contribution in [2.45, 2.75) is 334 Å². The molecular formula is C76H136NO8+. The fraction of sp³-hybridized carbons (Fsp3) is 0.776. The number of carbonyl (C=O) groups excluding carboxylic acids is 2. The average molecular weight is 1190 g/mol. The molecule has 0 amide bonds. The molecule has 0 aromatic rings. The lowest BCUT2D eigenvalue weighted by Gasteiger charge is -2.25. The largest absolute Gasteiger partial charge is 0.477 e. The fourth-order valence-electron chi connectivity index (χ4n) is 10.2. The first kappa shape index (κ1) is 81.5. The van der Waals surface area contributed by atoms with E-state index in [4.69, 9.17) is 18.9 Å². The third-order valence-corrected chi connectivity index (χ3v) is 15.6. The van der Waals surface area contributed by atoms with Crippen LogP contribution >= 0.6 is 0 Å². The second kappa shape index (κ2) is 66.4. The summed E-state index contributed by atoms with van der Waals surface area (Å²) in [5, 5.41) is 9.74. The van der Waals surface area contributed by atoms with Crippen LogP contribution in [0.25, 0.3) is 0 Å². The quantitative estimate of drug-likeness (QED) is 0.0211. The number of ether oxygens (including phenoxy) is 4. The standard InChI is InChI=1S/C76H135NO8/c1-6-8-10-12-14-16-18-20-22-24-26-28-29-30-31-32-33-34-35-36-37-38-39-40-41-42-43-44-45-47-48-50-52-54-56-58-60-62-64-66-73(78)83-70-72(71-84-76(75(80)81)82-69-68-77(3,4)5)85-74(79)67-65-63-61-59-57-55-53-51-49-46-27-25-23-21-19-17-15-13-11-9-7-2/h9,11,15,17-18,20-21,23-24,26-27,29-30,46,72,76H,6-8,10,12-14,16,19,22,25,28,31-45,47-71H2,1-5H3/p+1/b11-9-,17-15-,20-18-,23-21-,26-24-,30-29-,46-27-. The van der Waals surface area contributed by atoms with E-state index in [0.29, 0.717) is 23.9 Å². The van der Waals surface area contributed by atoms with E-state index in [9.17, 15) is 19.5 Å². The van der Waals surface area contributed by atoms with Crippen LogP contribution in [0.3, 0.4) is 0 Å². The Hall–Kier alpha value is -3.53. The van der Waals surface area contributed by atoms with E-state index in [-0.39, 0.29) is 32.2 Å². The molecule has 0 saturated heterocycles. The van der Waals surface area contributed by atoms with Crippen molar-refractivity contribution in [3.8, 4) is 0 Å². The van der Waals surface area contributed by atoms with E-state index in [1.54, 1.807) is 0 Å². The Morgan fingerprint density at radius 2 is 0.671 bits per heavy atom. The molecule has 0 aliphatic heterocycles. The number of nitrogens with zero attached hydrogens (tertiary/aromatic N) is 1. The lowest BCUT2D eigenvalue weighted by atomic mass is 10.0. The summed E-state index contributed by atoms with van der Waals surface area (Å²) < 4.78 is 23.0. The topological polar surface area (TPSA) is 108 Å². The van der Waals surface area contributed by atoms with Crippen molar-refractivity contribution in [3.05, 3.63) is 85.1 Å². The van der Waals surface area contributed by atoms with Crippen molar-refractivity contribution in [1.29, 1.82) is 0 Å². The average Bonchev–Trinajstić information content (AvgIpc) is 3.48. The number of likely N-dealkylation sites (N-methyl/N-ethyl adjacent to an activating group) is 1. The first-order valence-electron chi connectivity index (χ1n) is 35.8. The summed E-state index contributed by atoms with van der Waals surface area (Å²) in [6, 6.07) is 0. The maximum Gasteiger partial charge on any atom is 0.361 e. The number of quaternary nitrogens is 1. The highest BCUT2D eigenvalue weighted by atomic mass is 16.7. The number of allylic oxidation sites excluding steroid dienone is 14. The molecule has 2 atom stereocenters. The predicted molar refractivity (Wildman–Crippen MR) is 364 cm³/mol. The predicted octanol–water partition coefficient (Wildman–Crippen LogP) is 22.2. The smallest absolute Gasteiger partial charge is 0.361 e. The molecule has 0 heterocycles. The first-order chi connectivity index (χ1) is 41.6. The van der Waals surface area contributed by atoms with Gasteiger partial charge in [0.05, 0.1) is 34.4 Å². The Labute approximate surface area is 525 Å². The normalized spacial score (nSPS) is 13.2. The molecular weight excluding hydrogens is 1050 g/mol. The minimum absolute atomic E-state index is 0.184. The van der Waals surface area contributed by atoms with Gasteiger partial charge in [-0.3, -0.25) is 9.59 Å². The number of esters is 2. The van der Waals surface area contributed by atoms with Gasteiger partial charge in [-0.25, -0.2) is 4.79 Å². The molecule has 2 unspecified atom stereocenters. The molecule has 85 heavy (non-hydrogen) atoms. The molecule has 0 rings (SSSR count). The Bertz CT molecular complexity index is 1670. The van der Waals surface area contributed by atoms with Crippen LogP contribution in [-0.2, 0) is 33.3 Å². The third-order valence-electron chi connectivity index (χ3n) is 15.6. The summed E-state index contributed by atoms with van der Waals surface area (Å²) in [7, 11) is 5.98. The van der Waals surface area contributed by atoms with Crippen molar-refractivity contribution in [2.24, 2.45) is 0 Å². The lowest BCUT2D eigenvalue weighted by molar-refractivity contribution is -0.870. The van der Waals surface area contributed by atoms with Gasteiger partial charge in [-0.2, -0.15) is 0 Å². The molecule has 9 nitrogen and oxygen atoms in total. The van der Waals surface area contributed by atoms with Crippen molar-refractivity contribution in [2.75, 3.05) is 47.5 Å². The van der Waals surface area contributed by atoms with Gasteiger partial charge >= 0.3 is 17.9 Å². The number of carboxylic acids is 1. The first-order valence-corrected chi connectivity index (χ1v) is 35.8. The van der Waals surface area contributed by atoms with Crippen LogP contribution in [0.1, 0.15) is 322 Å². The van der Waals surface area contributed by atoms with Crippen molar-refractivity contribution in [1.82, 2.24) is 0 Å². The van der Waals surface area contributed by atoms with Crippen LogP contribution < -0.4 is 0 Å². The highest BCUT2D eigenvalue weighted by Crippen LogP contribution is 2.18. The summed E-state index contributed by atoms with van der Waals surface area (Å²) in [6.45, 7) is 4.77. The molecule has 9 heteroatoms. The van der Waals surface area contributed by atoms with Crippen molar-refractivity contribution < 1.29 is 42.9 Å². The van der Waals surface area contributed by atoms with Gasteiger partial charge in [0.1, 0.15) is 13.2 Å². The van der Waals surface area contributed by atoms with Crippen LogP contribution in [0.2, 0.25) is 0 Å². The van der Waals surface area contributed by atoms with Gasteiger partial charge in [-0.1, -0.05) is 304 Å². The van der Waals surface area contributed by atoms with E-state index in [2.05, 4.69) is 98.9 Å². The number of rotatable bonds is 66. The molecule has 0 spiro atoms. The van der Waals surface area contributed by atoms with E-state index in [0.717, 1.165) is 83.5 Å². The van der Waals surface area contributed by atoms with Gasteiger partial charge in [0.25, 0.3) is 6.29 Å². The number of hydrogen-bond acceptors (Lipinski definition) is 7. The number of carbonyl (C=O) groups is 3. The van der Waals surface area contributed by atoms with Crippen LogP contribution in [0, 0.1) is 0 Å². The molecule has 0 fully saturated rings. The second-order valence-corrected chi connectivity index (χ2v) is 25.2. The van der Waals surface area contributed by atoms with Gasteiger partial charge in [0.15, 0.2) is 6.10 Å². The molecule has 0 aromatic carbocycles. The van der Waals surface area contributed by atoms with Gasteiger partial charge in [0.2, 0.25) is 0 Å². The minimum Gasteiger partial charge on any atom is -0.477 e. The summed E-state index contributed by atoms with van der Waals surface area (Å²) in [5.74, 6) is -2.00. The fourth-order valence-corrected chi connectivity index (χ4v) is 10.2. The molecule has 492 valence electrons. The van der Waals surface area contributed by atoms with Crippen LogP contribution in [0.5, 0.6) is 0 Å². The number of aliphatic carboxylic acids is 1. The van der Waals surface area contributed by atoms with Crippen molar-refractivity contribution >= 4 is 17.9 Å². The third kappa shape index (κ3) is 67.8. The van der Waals surface area contributed by atoms with Gasteiger partial charge < -0.3 is 28.5 Å². The number of carboxylic acid groups (broad SMARTS) is 1. The van der Waals surface area contributed by atoms with Gasteiger partial charge in [-0.15, -0.1) is 0 Å². The molecule has 0 bridgehead atoms. The Morgan fingerprint density at radius 3 is 1.00 bits per heavy atom. The maximum atomic E-state index is 12.9. The number of unbranched alkanes of at least 4 members (excludes halogenated alkanes) is 37. The Morgan fingerprint density at radius 1 is 0.365 bits per heavy atom. The van der Waals surface area contributed by atoms with E-state index >= 15 is 0 Å². The van der Waals surface area contributed by atoms with Gasteiger partial charge in [0, 0.05) is 12.8 Å². The molecule has 0 aromatic heterocycles. The van der Waals surface area contributed by atoms with E-state index in [1.165, 1.54) is 205 Å². The maximum absolute atomic E-state index is 12.9. The van der Waals surface area contributed by atoms with Crippen LogP contribution in [0.15, 0.2) is 85.1 Å². The number of hydrogen-bond donors (Lipinski definition) is 1. The Balaban J connectivity index is 4.00. The zero-order chi connectivity index (χ0) is 61.9. The zero-order valence-electron chi connectivity index (χ0n) is 56.3. The lowest BCUT2D eigenvalue weighted by Crippen LogP contribution is -2.40. The van der Waals surface area contributed by atoms with Crippen LogP contribution in [-0.4, -0.2) is 87.4 Å². The molecule has 0 aliphatic carbocycles. The summed E-state index contributed by atoms with van der Waals surface area (Å²) in [4.78, 5) is 37.6. The molecule has 1 N–H and O–H groups in total. The Kier molecular flexibility index (Phi) is 63.7. The monoisotopic (exact) mass is 1190 g/mol.